The van der Waals surface area contributed by atoms with E-state index in [2.05, 4.69) is 10.3 Å². The number of carbonyl (C=O) groups excluding carboxylic acids is 2. The van der Waals surface area contributed by atoms with Crippen molar-refractivity contribution in [2.45, 2.75) is 19.0 Å². The molecule has 2 aromatic carbocycles. The van der Waals surface area contributed by atoms with Crippen LogP contribution in [0.2, 0.25) is 0 Å². The third kappa shape index (κ3) is 3.02. The highest BCUT2D eigenvalue weighted by Gasteiger charge is 2.41. The topological polar surface area (TPSA) is 80.4 Å². The first-order valence-corrected chi connectivity index (χ1v) is 9.47. The number of carbonyl (C=O) groups is 2. The number of anilines is 2. The number of benzene rings is 2. The summed E-state index contributed by atoms with van der Waals surface area (Å²) in [4.78, 5) is 32.0. The van der Waals surface area contributed by atoms with Crippen molar-refractivity contribution >= 4 is 34.5 Å². The van der Waals surface area contributed by atoms with Crippen LogP contribution in [0.3, 0.4) is 0 Å². The normalized spacial score (nSPS) is 15.6. The Morgan fingerprint density at radius 1 is 1.10 bits per heavy atom. The van der Waals surface area contributed by atoms with E-state index in [1.807, 2.05) is 24.3 Å². The fourth-order valence-corrected chi connectivity index (χ4v) is 3.74. The van der Waals surface area contributed by atoms with Crippen molar-refractivity contribution in [3.63, 3.8) is 0 Å². The van der Waals surface area contributed by atoms with Gasteiger partial charge in [0.1, 0.15) is 17.6 Å². The van der Waals surface area contributed by atoms with Crippen LogP contribution in [0.5, 0.6) is 0 Å². The second-order valence-electron chi connectivity index (χ2n) is 7.02. The molecule has 1 aliphatic heterocycles. The third-order valence-electron chi connectivity index (χ3n) is 5.10. The number of furan rings is 1. The summed E-state index contributed by atoms with van der Waals surface area (Å²) in [6, 6.07) is 16.1. The summed E-state index contributed by atoms with van der Waals surface area (Å²) in [5, 5.41) is 2.55. The highest BCUT2D eigenvalue weighted by molar-refractivity contribution is 6.05. The van der Waals surface area contributed by atoms with Gasteiger partial charge in [0.15, 0.2) is 0 Å². The summed E-state index contributed by atoms with van der Waals surface area (Å²) in [5.74, 6) is -0.179. The number of aromatic nitrogens is 2. The maximum absolute atomic E-state index is 13.9. The number of hydrogen-bond acceptors (Lipinski definition) is 4. The number of nitrogens with zero attached hydrogens (tertiary/aromatic N) is 3. The average molecular weight is 404 g/mol. The van der Waals surface area contributed by atoms with Gasteiger partial charge >= 0.3 is 0 Å². The molecule has 1 aliphatic rings. The molecule has 0 saturated carbocycles. The van der Waals surface area contributed by atoms with E-state index in [1.165, 1.54) is 23.3 Å². The van der Waals surface area contributed by atoms with E-state index in [0.717, 1.165) is 11.0 Å². The Morgan fingerprint density at radius 2 is 1.90 bits per heavy atom. The Kier molecular flexibility index (Phi) is 4.31. The zero-order valence-corrected chi connectivity index (χ0v) is 15.8. The van der Waals surface area contributed by atoms with Crippen LogP contribution in [0.1, 0.15) is 18.2 Å². The molecule has 4 aromatic rings. The van der Waals surface area contributed by atoms with Gasteiger partial charge in [0.25, 0.3) is 5.91 Å². The van der Waals surface area contributed by atoms with E-state index in [-0.39, 0.29) is 24.6 Å². The molecule has 7 nitrogen and oxygen atoms in total. The molecule has 1 atom stereocenters. The predicted molar refractivity (Wildman–Crippen MR) is 108 cm³/mol. The predicted octanol–water partition coefficient (Wildman–Crippen LogP) is 3.89. The van der Waals surface area contributed by atoms with Gasteiger partial charge in [-0.2, -0.15) is 0 Å². The van der Waals surface area contributed by atoms with Crippen molar-refractivity contribution in [3.05, 3.63) is 78.5 Å². The number of amides is 2. The zero-order valence-electron chi connectivity index (χ0n) is 15.8. The number of para-hydroxylation sites is 3. The summed E-state index contributed by atoms with van der Waals surface area (Å²) >= 11 is 0. The van der Waals surface area contributed by atoms with Gasteiger partial charge in [0, 0.05) is 0 Å². The van der Waals surface area contributed by atoms with Crippen LogP contribution < -0.4 is 10.2 Å². The van der Waals surface area contributed by atoms with Crippen LogP contribution in [0.25, 0.3) is 11.0 Å². The summed E-state index contributed by atoms with van der Waals surface area (Å²) in [5.41, 5.74) is 1.56. The molecule has 2 amide bonds. The van der Waals surface area contributed by atoms with Gasteiger partial charge in [-0.25, -0.2) is 9.37 Å². The number of halogens is 1. The van der Waals surface area contributed by atoms with Crippen molar-refractivity contribution < 1.29 is 18.4 Å². The fraction of sp³-hybridized carbons (Fsp3) is 0.136. The van der Waals surface area contributed by atoms with Gasteiger partial charge in [-0.15, -0.1) is 0 Å². The molecule has 5 rings (SSSR count). The van der Waals surface area contributed by atoms with Crippen LogP contribution in [-0.4, -0.2) is 21.4 Å². The molecule has 30 heavy (non-hydrogen) atoms. The Morgan fingerprint density at radius 3 is 2.70 bits per heavy atom. The Balaban J connectivity index is 1.48. The second-order valence-corrected chi connectivity index (χ2v) is 7.02. The van der Waals surface area contributed by atoms with Crippen molar-refractivity contribution in [1.82, 2.24) is 9.55 Å². The molecule has 0 aliphatic carbocycles. The average Bonchev–Trinajstić information content (AvgIpc) is 3.44. The fourth-order valence-electron chi connectivity index (χ4n) is 3.74. The van der Waals surface area contributed by atoms with Crippen molar-refractivity contribution in [2.75, 3.05) is 10.2 Å². The van der Waals surface area contributed by atoms with Gasteiger partial charge in [-0.3, -0.25) is 19.1 Å². The Hall–Kier alpha value is -3.94. The van der Waals surface area contributed by atoms with Crippen LogP contribution in [0, 0.1) is 5.82 Å². The molecule has 150 valence electrons. The molecular formula is C22H17FN4O3. The Labute approximate surface area is 170 Å². The first-order valence-electron chi connectivity index (χ1n) is 9.47. The molecule has 1 N–H and O–H groups in total. The van der Waals surface area contributed by atoms with Gasteiger partial charge in [0.2, 0.25) is 11.9 Å². The van der Waals surface area contributed by atoms with E-state index >= 15 is 0 Å². The number of nitrogens with one attached hydrogen (secondary N) is 1. The monoisotopic (exact) mass is 404 g/mol. The number of hydrogen-bond donors (Lipinski definition) is 1. The SMILES string of the molecule is O=C(C[C@H]1C(=O)N(Cc2ccco2)c2nc3ccccc3n21)Nc1ccccc1F. The molecule has 8 heteroatoms. The first-order chi connectivity index (χ1) is 14.6. The molecular weight excluding hydrogens is 387 g/mol. The van der Waals surface area contributed by atoms with Crippen LogP contribution >= 0.6 is 0 Å². The maximum atomic E-state index is 13.9. The summed E-state index contributed by atoms with van der Waals surface area (Å²) < 4.78 is 21.1. The lowest BCUT2D eigenvalue weighted by Crippen LogP contribution is -2.31. The zero-order chi connectivity index (χ0) is 20.7. The Bertz CT molecular complexity index is 1250. The standard InChI is InChI=1S/C22H17FN4O3/c23-15-7-1-2-8-16(15)24-20(28)12-19-21(29)26(13-14-6-5-11-30-14)22-25-17-9-3-4-10-18(17)27(19)22/h1-11,19H,12-13H2,(H,24,28)/t19-/m0/s1. The van der Waals surface area contributed by atoms with Gasteiger partial charge in [0.05, 0.1) is 35.9 Å². The smallest absolute Gasteiger partial charge is 0.253 e. The summed E-state index contributed by atoms with van der Waals surface area (Å²) in [6.07, 6.45) is 1.40. The highest BCUT2D eigenvalue weighted by Crippen LogP contribution is 2.37. The number of rotatable bonds is 5. The summed E-state index contributed by atoms with van der Waals surface area (Å²) in [7, 11) is 0. The second kappa shape index (κ2) is 7.14. The van der Waals surface area contributed by atoms with Crippen LogP contribution in [-0.2, 0) is 16.1 Å². The van der Waals surface area contributed by atoms with E-state index in [4.69, 9.17) is 4.42 Å². The molecule has 3 heterocycles. The minimum absolute atomic E-state index is 0.0797. The molecule has 0 spiro atoms. The van der Waals surface area contributed by atoms with Gasteiger partial charge in [-0.1, -0.05) is 24.3 Å². The molecule has 0 fully saturated rings. The van der Waals surface area contributed by atoms with E-state index < -0.39 is 17.8 Å². The third-order valence-corrected chi connectivity index (χ3v) is 5.10. The lowest BCUT2D eigenvalue weighted by molar-refractivity contribution is -0.124. The van der Waals surface area contributed by atoms with Crippen molar-refractivity contribution in [3.8, 4) is 0 Å². The van der Waals surface area contributed by atoms with E-state index in [9.17, 15) is 14.0 Å². The minimum Gasteiger partial charge on any atom is -0.467 e. The summed E-state index contributed by atoms with van der Waals surface area (Å²) in [6.45, 7) is 0.209. The largest absolute Gasteiger partial charge is 0.467 e. The number of imidazole rings is 1. The van der Waals surface area contributed by atoms with E-state index in [0.29, 0.717) is 11.7 Å². The van der Waals surface area contributed by atoms with E-state index in [1.54, 1.807) is 28.8 Å². The quantitative estimate of drug-likeness (QED) is 0.547. The van der Waals surface area contributed by atoms with Crippen molar-refractivity contribution in [1.29, 1.82) is 0 Å². The van der Waals surface area contributed by atoms with Crippen LogP contribution in [0.15, 0.2) is 71.3 Å². The number of fused-ring (bicyclic) bond motifs is 3. The van der Waals surface area contributed by atoms with Crippen LogP contribution in [0.4, 0.5) is 16.0 Å². The maximum Gasteiger partial charge on any atom is 0.253 e. The lowest BCUT2D eigenvalue weighted by Gasteiger charge is -2.15. The highest BCUT2D eigenvalue weighted by atomic mass is 19.1. The lowest BCUT2D eigenvalue weighted by atomic mass is 10.1. The minimum atomic E-state index is -0.783. The molecule has 0 bridgehead atoms. The van der Waals surface area contributed by atoms with Crippen molar-refractivity contribution in [2.24, 2.45) is 0 Å². The van der Waals surface area contributed by atoms with Gasteiger partial charge in [-0.05, 0) is 36.4 Å². The molecule has 0 radical (unpaired) electrons. The molecule has 0 unspecified atom stereocenters. The first kappa shape index (κ1) is 18.1. The molecule has 2 aromatic heterocycles. The van der Waals surface area contributed by atoms with Gasteiger partial charge < -0.3 is 9.73 Å². The molecule has 0 saturated heterocycles.